The normalized spacial score (nSPS) is 21.4. The number of morpholine rings is 1. The zero-order valence-electron chi connectivity index (χ0n) is 15.4. The van der Waals surface area contributed by atoms with E-state index in [1.807, 2.05) is 18.2 Å². The molecule has 0 spiro atoms. The Morgan fingerprint density at radius 3 is 2.59 bits per heavy atom. The summed E-state index contributed by atoms with van der Waals surface area (Å²) in [4.78, 5) is 21.6. The monoisotopic (exact) mass is 388 g/mol. The Morgan fingerprint density at radius 1 is 1.15 bits per heavy atom. The molecule has 1 amide bonds. The van der Waals surface area contributed by atoms with E-state index < -0.39 is 5.54 Å². The topological polar surface area (TPSA) is 71.7 Å². The number of para-hydroxylation sites is 1. The number of ether oxygens (including phenoxy) is 1. The number of benzene rings is 1. The molecule has 2 fully saturated rings. The standard InChI is InChI=1S/C20H25ClN4O2/c21-17-3-1-2-15-4-5-16(23-18(15)17)14-24-8-6-20(7-9-24,19(22)26)25-10-12-27-13-11-25/h1-5H,6-14H2,(H2,22,26). The number of halogens is 1. The molecular weight excluding hydrogens is 364 g/mol. The zero-order valence-corrected chi connectivity index (χ0v) is 16.1. The van der Waals surface area contributed by atoms with Crippen molar-refractivity contribution in [3.63, 3.8) is 0 Å². The molecule has 0 bridgehead atoms. The molecule has 4 rings (SSSR count). The maximum atomic E-state index is 12.3. The summed E-state index contributed by atoms with van der Waals surface area (Å²) < 4.78 is 5.44. The molecule has 0 radical (unpaired) electrons. The summed E-state index contributed by atoms with van der Waals surface area (Å²) in [5.41, 5.74) is 7.14. The van der Waals surface area contributed by atoms with Crippen molar-refractivity contribution in [3.8, 4) is 0 Å². The van der Waals surface area contributed by atoms with Gasteiger partial charge in [-0.2, -0.15) is 0 Å². The van der Waals surface area contributed by atoms with Crippen LogP contribution in [0.1, 0.15) is 18.5 Å². The van der Waals surface area contributed by atoms with Crippen LogP contribution in [0.2, 0.25) is 5.02 Å². The number of amides is 1. The van der Waals surface area contributed by atoms with Crippen molar-refractivity contribution >= 4 is 28.4 Å². The van der Waals surface area contributed by atoms with Crippen LogP contribution in [0.15, 0.2) is 30.3 Å². The fraction of sp³-hybridized carbons (Fsp3) is 0.500. The minimum absolute atomic E-state index is 0.209. The first-order valence-electron chi connectivity index (χ1n) is 9.48. The number of fused-ring (bicyclic) bond motifs is 1. The Kier molecular flexibility index (Phi) is 5.32. The van der Waals surface area contributed by atoms with Gasteiger partial charge in [0.15, 0.2) is 0 Å². The van der Waals surface area contributed by atoms with Crippen LogP contribution in [0, 0.1) is 0 Å². The second kappa shape index (κ2) is 7.72. The number of piperidine rings is 1. The first-order chi connectivity index (χ1) is 13.1. The summed E-state index contributed by atoms with van der Waals surface area (Å²) in [6, 6.07) is 9.94. The highest BCUT2D eigenvalue weighted by molar-refractivity contribution is 6.35. The van der Waals surface area contributed by atoms with Crippen molar-refractivity contribution in [1.29, 1.82) is 0 Å². The van der Waals surface area contributed by atoms with Crippen LogP contribution in [-0.2, 0) is 16.1 Å². The third-order valence-electron chi connectivity index (χ3n) is 5.87. The summed E-state index contributed by atoms with van der Waals surface area (Å²) in [5, 5.41) is 1.72. The lowest BCUT2D eigenvalue weighted by molar-refractivity contribution is -0.138. The van der Waals surface area contributed by atoms with Crippen LogP contribution in [0.4, 0.5) is 0 Å². The average molecular weight is 389 g/mol. The minimum atomic E-state index is -0.541. The average Bonchev–Trinajstić information content (AvgIpc) is 2.70. The Labute approximate surface area is 164 Å². The van der Waals surface area contributed by atoms with Crippen LogP contribution in [-0.4, -0.2) is 65.6 Å². The number of hydrogen-bond donors (Lipinski definition) is 1. The van der Waals surface area contributed by atoms with E-state index in [4.69, 9.17) is 27.1 Å². The van der Waals surface area contributed by atoms with Crippen molar-refractivity contribution in [3.05, 3.63) is 41.0 Å². The van der Waals surface area contributed by atoms with Gasteiger partial charge >= 0.3 is 0 Å². The van der Waals surface area contributed by atoms with Gasteiger partial charge in [0.2, 0.25) is 5.91 Å². The molecule has 2 aromatic rings. The number of aromatic nitrogens is 1. The van der Waals surface area contributed by atoms with Crippen LogP contribution >= 0.6 is 11.6 Å². The van der Waals surface area contributed by atoms with Gasteiger partial charge in [-0.15, -0.1) is 0 Å². The van der Waals surface area contributed by atoms with E-state index in [9.17, 15) is 4.79 Å². The first kappa shape index (κ1) is 18.6. The van der Waals surface area contributed by atoms with Gasteiger partial charge in [-0.05, 0) is 25.0 Å². The number of nitrogens with zero attached hydrogens (tertiary/aromatic N) is 3. The molecule has 3 heterocycles. The van der Waals surface area contributed by atoms with E-state index in [2.05, 4.69) is 21.9 Å². The maximum Gasteiger partial charge on any atom is 0.238 e. The van der Waals surface area contributed by atoms with Crippen molar-refractivity contribution in [2.75, 3.05) is 39.4 Å². The van der Waals surface area contributed by atoms with Gasteiger partial charge < -0.3 is 10.5 Å². The zero-order chi connectivity index (χ0) is 18.9. The van der Waals surface area contributed by atoms with Crippen molar-refractivity contribution in [1.82, 2.24) is 14.8 Å². The second-order valence-electron chi connectivity index (χ2n) is 7.39. The molecule has 0 atom stereocenters. The molecule has 27 heavy (non-hydrogen) atoms. The van der Waals surface area contributed by atoms with E-state index in [0.29, 0.717) is 18.2 Å². The van der Waals surface area contributed by atoms with Gasteiger partial charge in [0, 0.05) is 38.1 Å². The largest absolute Gasteiger partial charge is 0.379 e. The lowest BCUT2D eigenvalue weighted by Gasteiger charge is -2.47. The molecule has 0 saturated carbocycles. The van der Waals surface area contributed by atoms with Gasteiger partial charge in [0.05, 0.1) is 29.4 Å². The summed E-state index contributed by atoms with van der Waals surface area (Å²) in [5.74, 6) is -0.209. The van der Waals surface area contributed by atoms with E-state index in [0.717, 1.165) is 62.2 Å². The summed E-state index contributed by atoms with van der Waals surface area (Å²) >= 11 is 6.29. The van der Waals surface area contributed by atoms with Crippen LogP contribution in [0.3, 0.4) is 0 Å². The van der Waals surface area contributed by atoms with Crippen molar-refractivity contribution < 1.29 is 9.53 Å². The quantitative estimate of drug-likeness (QED) is 0.867. The van der Waals surface area contributed by atoms with Crippen LogP contribution in [0.5, 0.6) is 0 Å². The van der Waals surface area contributed by atoms with Crippen molar-refractivity contribution in [2.45, 2.75) is 24.9 Å². The first-order valence-corrected chi connectivity index (χ1v) is 9.85. The molecule has 7 heteroatoms. The number of likely N-dealkylation sites (tertiary alicyclic amines) is 1. The SMILES string of the molecule is NC(=O)C1(N2CCOCC2)CCN(Cc2ccc3cccc(Cl)c3n2)CC1. The van der Waals surface area contributed by atoms with Crippen LogP contribution < -0.4 is 5.73 Å². The van der Waals surface area contributed by atoms with E-state index in [1.165, 1.54) is 0 Å². The van der Waals surface area contributed by atoms with E-state index in [-0.39, 0.29) is 5.91 Å². The molecule has 2 aliphatic heterocycles. The molecule has 6 nitrogen and oxygen atoms in total. The molecule has 1 aromatic carbocycles. The highest BCUT2D eigenvalue weighted by atomic mass is 35.5. The number of hydrogen-bond acceptors (Lipinski definition) is 5. The molecular formula is C20H25ClN4O2. The summed E-state index contributed by atoms with van der Waals surface area (Å²) in [6.45, 7) is 5.27. The Balaban J connectivity index is 1.45. The van der Waals surface area contributed by atoms with Gasteiger partial charge in [0.25, 0.3) is 0 Å². The Bertz CT molecular complexity index is 830. The highest BCUT2D eigenvalue weighted by Crippen LogP contribution is 2.30. The number of pyridine rings is 1. The Morgan fingerprint density at radius 2 is 1.89 bits per heavy atom. The molecule has 1 aromatic heterocycles. The van der Waals surface area contributed by atoms with Gasteiger partial charge in [0.1, 0.15) is 5.54 Å². The molecule has 2 saturated heterocycles. The van der Waals surface area contributed by atoms with Crippen LogP contribution in [0.25, 0.3) is 10.9 Å². The van der Waals surface area contributed by atoms with Gasteiger partial charge in [-0.3, -0.25) is 14.6 Å². The number of carbonyl (C=O) groups excluding carboxylic acids is 1. The van der Waals surface area contributed by atoms with Crippen molar-refractivity contribution in [2.24, 2.45) is 5.73 Å². The lowest BCUT2D eigenvalue weighted by Crippen LogP contribution is -2.64. The smallest absolute Gasteiger partial charge is 0.238 e. The molecule has 2 N–H and O–H groups in total. The highest BCUT2D eigenvalue weighted by Gasteiger charge is 2.45. The molecule has 2 aliphatic rings. The maximum absolute atomic E-state index is 12.3. The predicted octanol–water partition coefficient (Wildman–Crippen LogP) is 2.04. The third-order valence-corrected chi connectivity index (χ3v) is 6.18. The minimum Gasteiger partial charge on any atom is -0.379 e. The third kappa shape index (κ3) is 3.67. The number of nitrogens with two attached hydrogens (primary N) is 1. The molecule has 0 aliphatic carbocycles. The Hall–Kier alpha value is -1.73. The number of carbonyl (C=O) groups is 1. The van der Waals surface area contributed by atoms with E-state index in [1.54, 1.807) is 0 Å². The van der Waals surface area contributed by atoms with Gasteiger partial charge in [-0.1, -0.05) is 29.8 Å². The second-order valence-corrected chi connectivity index (χ2v) is 7.79. The fourth-order valence-electron chi connectivity index (χ4n) is 4.26. The lowest BCUT2D eigenvalue weighted by atomic mass is 9.84. The number of primary amides is 1. The molecule has 144 valence electrons. The van der Waals surface area contributed by atoms with E-state index >= 15 is 0 Å². The summed E-state index contributed by atoms with van der Waals surface area (Å²) in [7, 11) is 0. The predicted molar refractivity (Wildman–Crippen MR) is 106 cm³/mol. The molecule has 0 unspecified atom stereocenters. The van der Waals surface area contributed by atoms with Gasteiger partial charge in [-0.25, -0.2) is 4.98 Å². The fourth-order valence-corrected chi connectivity index (χ4v) is 4.48. The summed E-state index contributed by atoms with van der Waals surface area (Å²) in [6.07, 6.45) is 1.49. The number of rotatable bonds is 4.